The highest BCUT2D eigenvalue weighted by Crippen LogP contribution is 2.30. The number of halogens is 1. The first-order chi connectivity index (χ1) is 13.1. The zero-order valence-corrected chi connectivity index (χ0v) is 15.8. The van der Waals surface area contributed by atoms with Gasteiger partial charge in [0.05, 0.1) is 16.6 Å². The number of para-hydroxylation sites is 1. The van der Waals surface area contributed by atoms with Crippen LogP contribution in [0.1, 0.15) is 21.7 Å². The summed E-state index contributed by atoms with van der Waals surface area (Å²) in [6.45, 7) is 0. The molecule has 0 fully saturated rings. The molecule has 0 saturated carbocycles. The van der Waals surface area contributed by atoms with Gasteiger partial charge in [0.1, 0.15) is 5.58 Å². The van der Waals surface area contributed by atoms with Gasteiger partial charge in [-0.15, -0.1) is 0 Å². The molecule has 0 N–H and O–H groups in total. The lowest BCUT2D eigenvalue weighted by atomic mass is 10.0. The summed E-state index contributed by atoms with van der Waals surface area (Å²) in [5.41, 5.74) is 1.81. The number of ketones is 1. The molecule has 1 heterocycles. The van der Waals surface area contributed by atoms with Crippen LogP contribution in [-0.2, 0) is 16.6 Å². The summed E-state index contributed by atoms with van der Waals surface area (Å²) >= 11 is 5.91. The first-order valence-corrected chi connectivity index (χ1v) is 10.1. The van der Waals surface area contributed by atoms with Crippen molar-refractivity contribution in [1.29, 1.82) is 0 Å². The first-order valence-electron chi connectivity index (χ1n) is 8.37. The summed E-state index contributed by atoms with van der Waals surface area (Å²) in [5, 5.41) is 1.39. The van der Waals surface area contributed by atoms with E-state index >= 15 is 0 Å². The van der Waals surface area contributed by atoms with Gasteiger partial charge in [-0.05, 0) is 30.3 Å². The summed E-state index contributed by atoms with van der Waals surface area (Å²) in [7, 11) is -1.33. The summed E-state index contributed by atoms with van der Waals surface area (Å²) in [6, 6.07) is 23.3. The number of carbonyl (C=O) groups is 1. The Balaban J connectivity index is 1.78. The van der Waals surface area contributed by atoms with Gasteiger partial charge in [-0.25, -0.2) is 0 Å². The fourth-order valence-corrected chi connectivity index (χ4v) is 4.23. The van der Waals surface area contributed by atoms with Crippen LogP contribution in [0.25, 0.3) is 11.0 Å². The summed E-state index contributed by atoms with van der Waals surface area (Å²) in [4.78, 5) is 13.6. The van der Waals surface area contributed by atoms with E-state index in [1.54, 1.807) is 48.5 Å². The largest absolute Gasteiger partial charge is 0.452 e. The highest BCUT2D eigenvalue weighted by Gasteiger charge is 2.23. The molecule has 0 radical (unpaired) electrons. The number of benzene rings is 3. The zero-order valence-electron chi connectivity index (χ0n) is 14.2. The molecule has 0 unspecified atom stereocenters. The van der Waals surface area contributed by atoms with E-state index in [-0.39, 0.29) is 17.3 Å². The van der Waals surface area contributed by atoms with Gasteiger partial charge in [0.2, 0.25) is 5.78 Å². The number of carbonyl (C=O) groups excluding carboxylic acids is 1. The molecule has 0 aliphatic rings. The maximum Gasteiger partial charge on any atom is 0.228 e. The van der Waals surface area contributed by atoms with Crippen LogP contribution >= 0.6 is 11.6 Å². The molecular formula is C22H15ClO3S. The second-order valence-electron chi connectivity index (χ2n) is 6.04. The average molecular weight is 395 g/mol. The normalized spacial score (nSPS) is 12.2. The number of fused-ring (bicyclic) bond motifs is 1. The molecule has 0 bridgehead atoms. The molecular weight excluding hydrogens is 380 g/mol. The smallest absolute Gasteiger partial charge is 0.228 e. The summed E-state index contributed by atoms with van der Waals surface area (Å²) in [6.07, 6.45) is 0. The molecule has 1 atom stereocenters. The van der Waals surface area contributed by atoms with E-state index in [9.17, 15) is 9.00 Å². The molecule has 0 aliphatic heterocycles. The molecule has 1 aromatic heterocycles. The van der Waals surface area contributed by atoms with Crippen LogP contribution in [0.3, 0.4) is 0 Å². The van der Waals surface area contributed by atoms with Crippen LogP contribution in [0.2, 0.25) is 5.02 Å². The van der Waals surface area contributed by atoms with E-state index in [1.165, 1.54) is 0 Å². The van der Waals surface area contributed by atoms with E-state index in [1.807, 2.05) is 30.3 Å². The topological polar surface area (TPSA) is 47.3 Å². The van der Waals surface area contributed by atoms with Crippen molar-refractivity contribution in [2.75, 3.05) is 0 Å². The quantitative estimate of drug-likeness (QED) is 0.412. The second-order valence-corrected chi connectivity index (χ2v) is 7.93. The van der Waals surface area contributed by atoms with Crippen LogP contribution in [-0.4, -0.2) is 9.99 Å². The Bertz CT molecular complexity index is 1130. The maximum atomic E-state index is 13.0. The van der Waals surface area contributed by atoms with E-state index in [0.717, 1.165) is 5.39 Å². The Hall–Kier alpha value is -2.69. The molecule has 5 heteroatoms. The molecule has 3 nitrogen and oxygen atoms in total. The highest BCUT2D eigenvalue weighted by atomic mass is 35.5. The number of furan rings is 1. The third-order valence-electron chi connectivity index (χ3n) is 4.29. The second kappa shape index (κ2) is 7.51. The van der Waals surface area contributed by atoms with Crippen molar-refractivity contribution in [2.24, 2.45) is 0 Å². The SMILES string of the molecule is O=C(c1ccccc1)c1oc2ccccc2c1C[S@](=O)c1ccc(Cl)cc1. The van der Waals surface area contributed by atoms with Crippen molar-refractivity contribution < 1.29 is 13.4 Å². The van der Waals surface area contributed by atoms with Gasteiger partial charge in [-0.1, -0.05) is 60.1 Å². The van der Waals surface area contributed by atoms with Crippen LogP contribution in [0, 0.1) is 0 Å². The lowest BCUT2D eigenvalue weighted by Crippen LogP contribution is -2.05. The summed E-state index contributed by atoms with van der Waals surface area (Å²) in [5.74, 6) is 0.214. The van der Waals surface area contributed by atoms with E-state index in [2.05, 4.69) is 0 Å². The first kappa shape index (κ1) is 17.7. The molecule has 134 valence electrons. The van der Waals surface area contributed by atoms with Gasteiger partial charge < -0.3 is 4.42 Å². The van der Waals surface area contributed by atoms with Crippen molar-refractivity contribution in [3.05, 3.63) is 101 Å². The molecule has 4 rings (SSSR count). The molecule has 27 heavy (non-hydrogen) atoms. The Morgan fingerprint density at radius 2 is 1.56 bits per heavy atom. The fourth-order valence-electron chi connectivity index (χ4n) is 2.95. The molecule has 0 spiro atoms. The lowest BCUT2D eigenvalue weighted by molar-refractivity contribution is 0.101. The average Bonchev–Trinajstić information content (AvgIpc) is 3.07. The zero-order chi connectivity index (χ0) is 18.8. The molecule has 0 aliphatic carbocycles. The van der Waals surface area contributed by atoms with E-state index < -0.39 is 10.8 Å². The Morgan fingerprint density at radius 1 is 0.889 bits per heavy atom. The molecule has 3 aromatic carbocycles. The number of rotatable bonds is 5. The third-order valence-corrected chi connectivity index (χ3v) is 5.89. The van der Waals surface area contributed by atoms with Gasteiger partial charge in [-0.3, -0.25) is 9.00 Å². The van der Waals surface area contributed by atoms with Crippen LogP contribution in [0.4, 0.5) is 0 Å². The van der Waals surface area contributed by atoms with Crippen molar-refractivity contribution in [3.8, 4) is 0 Å². The Labute approximate surface area is 164 Å². The Kier molecular flexibility index (Phi) is 4.92. The minimum atomic E-state index is -1.33. The van der Waals surface area contributed by atoms with E-state index in [4.69, 9.17) is 16.0 Å². The van der Waals surface area contributed by atoms with Gasteiger partial charge in [-0.2, -0.15) is 0 Å². The van der Waals surface area contributed by atoms with Crippen molar-refractivity contribution in [1.82, 2.24) is 0 Å². The molecule has 0 amide bonds. The molecule has 4 aromatic rings. The van der Waals surface area contributed by atoms with Crippen molar-refractivity contribution >= 4 is 39.2 Å². The Morgan fingerprint density at radius 3 is 2.30 bits per heavy atom. The van der Waals surface area contributed by atoms with Crippen LogP contribution < -0.4 is 0 Å². The van der Waals surface area contributed by atoms with Gasteiger partial charge in [0.15, 0.2) is 5.76 Å². The van der Waals surface area contributed by atoms with Gasteiger partial charge in [0.25, 0.3) is 0 Å². The maximum absolute atomic E-state index is 13.0. The monoisotopic (exact) mass is 394 g/mol. The fraction of sp³-hybridized carbons (Fsp3) is 0.0455. The van der Waals surface area contributed by atoms with Crippen LogP contribution in [0.5, 0.6) is 0 Å². The van der Waals surface area contributed by atoms with E-state index in [0.29, 0.717) is 26.6 Å². The summed E-state index contributed by atoms with van der Waals surface area (Å²) < 4.78 is 18.8. The standard InChI is InChI=1S/C22H15ClO3S/c23-16-10-12-17(13-11-16)27(25)14-19-18-8-4-5-9-20(18)26-22(19)21(24)15-6-2-1-3-7-15/h1-13H,14H2/t27-/m0/s1. The highest BCUT2D eigenvalue weighted by molar-refractivity contribution is 7.84. The predicted molar refractivity (Wildman–Crippen MR) is 108 cm³/mol. The number of hydrogen-bond donors (Lipinski definition) is 0. The van der Waals surface area contributed by atoms with Crippen molar-refractivity contribution in [2.45, 2.75) is 10.6 Å². The number of hydrogen-bond acceptors (Lipinski definition) is 3. The minimum Gasteiger partial charge on any atom is -0.452 e. The molecule has 0 saturated heterocycles. The third kappa shape index (κ3) is 3.59. The minimum absolute atomic E-state index is 0.187. The van der Waals surface area contributed by atoms with Crippen molar-refractivity contribution in [3.63, 3.8) is 0 Å². The van der Waals surface area contributed by atoms with Gasteiger partial charge >= 0.3 is 0 Å². The lowest BCUT2D eigenvalue weighted by Gasteiger charge is -2.05. The van der Waals surface area contributed by atoms with Crippen LogP contribution in [0.15, 0.2) is 88.2 Å². The van der Waals surface area contributed by atoms with Gasteiger partial charge in [0, 0.05) is 26.4 Å². The predicted octanol–water partition coefficient (Wildman–Crippen LogP) is 5.63.